The molecule has 10 aliphatic rings. The normalized spacial score (nSPS) is 54.2. The van der Waals surface area contributed by atoms with E-state index in [0.29, 0.717) is 38.5 Å². The molecule has 0 aromatic heterocycles. The van der Waals surface area contributed by atoms with Crippen LogP contribution in [0, 0.1) is 50.2 Å². The fourth-order valence-corrected chi connectivity index (χ4v) is 18.3. The van der Waals surface area contributed by atoms with E-state index in [1.54, 1.807) is 0 Å². The van der Waals surface area contributed by atoms with Gasteiger partial charge in [-0.05, 0) is 97.7 Å². The Balaban J connectivity index is 0.899. The Labute approximate surface area is 479 Å². The van der Waals surface area contributed by atoms with E-state index < -0.39 is 182 Å². The molecule has 472 valence electrons. The summed E-state index contributed by atoms with van der Waals surface area (Å²) in [5.41, 5.74) is -4.13. The van der Waals surface area contributed by atoms with Gasteiger partial charge in [-0.15, -0.1) is 0 Å². The van der Waals surface area contributed by atoms with Crippen LogP contribution >= 0.6 is 0 Å². The zero-order valence-corrected chi connectivity index (χ0v) is 48.8. The Morgan fingerprint density at radius 3 is 1.88 bits per heavy atom. The van der Waals surface area contributed by atoms with Gasteiger partial charge in [0.2, 0.25) is 0 Å². The highest BCUT2D eigenvalue weighted by Gasteiger charge is 2.85. The van der Waals surface area contributed by atoms with Crippen molar-refractivity contribution in [3.8, 4) is 0 Å². The van der Waals surface area contributed by atoms with Crippen LogP contribution in [0.3, 0.4) is 0 Å². The van der Waals surface area contributed by atoms with Gasteiger partial charge < -0.3 is 114 Å². The number of aliphatic hydroxyl groups excluding tert-OH is 13. The van der Waals surface area contributed by atoms with E-state index in [0.717, 1.165) is 38.5 Å². The average molecular weight is 1180 g/mol. The first-order valence-corrected chi connectivity index (χ1v) is 30.3. The van der Waals surface area contributed by atoms with Crippen molar-refractivity contribution in [1.82, 2.24) is 0 Å². The standard InChI is InChI=1S/C58H96O24/c1-9-10-11-12-36(63)78-35-21-52(2,3)19-32-57-18-17-54(6)27-13-14-34(53(4,5)26(27)15-16-55(54,7)56(57,8)20-33(62)58(32,35)51(72)82-57)75-31-25-74-48(44(71)45(31)79-49-43(70)40(67)38(65)29(22-59)76-49)81-50-46(41(68)39(66)30(23-60)77-50)80-47-42(69)37(64)28(61)24-73-47/h26-35,37-51,59-62,64-72H,9-25H2,1-8H3/t26-,27+,28-,29-,30-,31-,32+,33-,34+,35+,37+,38-,39-,40+,41+,42-,43-,44-,45-,46-,47+,48-,49+,50+,51+,54-,55-,56+,57+,58-/m1/s1. The Bertz CT molecular complexity index is 2230. The molecular formula is C58H96O24. The molecule has 1 spiro atoms. The lowest BCUT2D eigenvalue weighted by Gasteiger charge is -2.76. The lowest BCUT2D eigenvalue weighted by atomic mass is 9.29. The topological polar surface area (TPSA) is 372 Å². The van der Waals surface area contributed by atoms with Gasteiger partial charge in [0.05, 0.1) is 49.7 Å². The quantitative estimate of drug-likeness (QED) is 0.0716. The highest BCUT2D eigenvalue weighted by molar-refractivity contribution is 5.69. The maximum absolute atomic E-state index is 13.5. The van der Waals surface area contributed by atoms with Crippen LogP contribution in [0.1, 0.15) is 139 Å². The van der Waals surface area contributed by atoms with Crippen molar-refractivity contribution in [3.05, 3.63) is 0 Å². The summed E-state index contributed by atoms with van der Waals surface area (Å²) in [6, 6.07) is 0. The molecule has 2 bridgehead atoms. The molecule has 0 radical (unpaired) electrons. The third-order valence-electron chi connectivity index (χ3n) is 23.3. The van der Waals surface area contributed by atoms with Crippen molar-refractivity contribution in [2.45, 2.75) is 280 Å². The number of hydrogen-bond donors (Lipinski definition) is 13. The fourth-order valence-electron chi connectivity index (χ4n) is 18.3. The van der Waals surface area contributed by atoms with Gasteiger partial charge in [0.1, 0.15) is 91.6 Å². The van der Waals surface area contributed by atoms with E-state index in [4.69, 9.17) is 47.4 Å². The van der Waals surface area contributed by atoms with Gasteiger partial charge in [-0.2, -0.15) is 0 Å². The van der Waals surface area contributed by atoms with Gasteiger partial charge in [0.15, 0.2) is 31.5 Å². The van der Waals surface area contributed by atoms with Crippen LogP contribution in [-0.4, -0.2) is 240 Å². The number of rotatable bonds is 15. The molecule has 10 rings (SSSR count). The highest BCUT2D eigenvalue weighted by Crippen LogP contribution is 2.82. The van der Waals surface area contributed by atoms with Crippen LogP contribution < -0.4 is 0 Å². The third kappa shape index (κ3) is 9.90. The second kappa shape index (κ2) is 23.2. The summed E-state index contributed by atoms with van der Waals surface area (Å²) < 4.78 is 62.2. The van der Waals surface area contributed by atoms with Crippen LogP contribution in [0.5, 0.6) is 0 Å². The number of carbonyl (C=O) groups is 1. The Hall–Kier alpha value is -1.41. The summed E-state index contributed by atoms with van der Waals surface area (Å²) in [5, 5.41) is 144. The predicted molar refractivity (Wildman–Crippen MR) is 281 cm³/mol. The van der Waals surface area contributed by atoms with Gasteiger partial charge in [0, 0.05) is 17.8 Å². The van der Waals surface area contributed by atoms with E-state index in [1.807, 2.05) is 0 Å². The van der Waals surface area contributed by atoms with Gasteiger partial charge in [0.25, 0.3) is 0 Å². The minimum atomic E-state index is -1.89. The van der Waals surface area contributed by atoms with Crippen molar-refractivity contribution >= 4 is 5.97 Å². The largest absolute Gasteiger partial charge is 0.461 e. The summed E-state index contributed by atoms with van der Waals surface area (Å²) >= 11 is 0. The first-order valence-electron chi connectivity index (χ1n) is 30.3. The number of fused-ring (bicyclic) bond motifs is 4. The molecule has 10 fully saturated rings. The second-order valence-corrected chi connectivity index (χ2v) is 28.2. The number of unbranched alkanes of at least 4 members (excludes halogenated alkanes) is 2. The van der Waals surface area contributed by atoms with Crippen LogP contribution in [0.4, 0.5) is 0 Å². The van der Waals surface area contributed by atoms with Crippen molar-refractivity contribution in [2.24, 2.45) is 50.2 Å². The van der Waals surface area contributed by atoms with Crippen molar-refractivity contribution < 1.29 is 119 Å². The molecule has 0 unspecified atom stereocenters. The maximum atomic E-state index is 13.5. The smallest absolute Gasteiger partial charge is 0.306 e. The molecule has 24 heteroatoms. The van der Waals surface area contributed by atoms with Crippen molar-refractivity contribution in [1.29, 1.82) is 0 Å². The lowest BCUT2D eigenvalue weighted by Crippen LogP contribution is -2.76. The van der Waals surface area contributed by atoms with E-state index in [9.17, 15) is 71.2 Å². The second-order valence-electron chi connectivity index (χ2n) is 28.2. The Morgan fingerprint density at radius 1 is 0.561 bits per heavy atom. The molecule has 0 amide bonds. The molecule has 5 heterocycles. The first-order chi connectivity index (χ1) is 38.5. The molecule has 30 atom stereocenters. The molecule has 5 aliphatic carbocycles. The third-order valence-corrected chi connectivity index (χ3v) is 23.3. The average Bonchev–Trinajstić information content (AvgIpc) is 1.32. The summed E-state index contributed by atoms with van der Waals surface area (Å²) in [6.07, 6.45) is -25.3. The molecule has 5 aliphatic heterocycles. The molecule has 0 aromatic rings. The monoisotopic (exact) mass is 1180 g/mol. The molecule has 0 aromatic carbocycles. The maximum Gasteiger partial charge on any atom is 0.306 e. The van der Waals surface area contributed by atoms with Crippen LogP contribution in [-0.2, 0) is 52.2 Å². The van der Waals surface area contributed by atoms with Gasteiger partial charge in [-0.25, -0.2) is 0 Å². The zero-order valence-electron chi connectivity index (χ0n) is 48.8. The number of hydrogen-bond acceptors (Lipinski definition) is 24. The molecule has 13 N–H and O–H groups in total. The minimum absolute atomic E-state index is 0.0859. The van der Waals surface area contributed by atoms with Gasteiger partial charge in [-0.3, -0.25) is 4.79 Å². The predicted octanol–water partition coefficient (Wildman–Crippen LogP) is -0.652. The zero-order chi connectivity index (χ0) is 59.6. The van der Waals surface area contributed by atoms with E-state index in [-0.39, 0.29) is 47.6 Å². The van der Waals surface area contributed by atoms with E-state index in [1.165, 1.54) is 0 Å². The summed E-state index contributed by atoms with van der Waals surface area (Å²) in [5.74, 6) is -0.347. The Kier molecular flexibility index (Phi) is 18.0. The fraction of sp³-hybridized carbons (Fsp3) is 0.983. The number of aliphatic hydroxyl groups is 13. The number of ether oxygens (including phenoxy) is 10. The molecule has 82 heavy (non-hydrogen) atoms. The number of carbonyl (C=O) groups excluding carboxylic acids is 1. The first kappa shape index (κ1) is 63.6. The van der Waals surface area contributed by atoms with Gasteiger partial charge >= 0.3 is 5.97 Å². The van der Waals surface area contributed by atoms with Crippen LogP contribution in [0.25, 0.3) is 0 Å². The summed E-state index contributed by atoms with van der Waals surface area (Å²) in [7, 11) is 0. The van der Waals surface area contributed by atoms with Crippen molar-refractivity contribution in [2.75, 3.05) is 26.4 Å². The number of esters is 1. The molecular weight excluding hydrogens is 1080 g/mol. The minimum Gasteiger partial charge on any atom is -0.461 e. The van der Waals surface area contributed by atoms with E-state index >= 15 is 0 Å². The Morgan fingerprint density at radius 2 is 1.20 bits per heavy atom. The van der Waals surface area contributed by atoms with Gasteiger partial charge in [-0.1, -0.05) is 68.2 Å². The molecule has 24 nitrogen and oxygen atoms in total. The molecule has 5 saturated heterocycles. The lowest BCUT2D eigenvalue weighted by molar-refractivity contribution is -0.401. The van der Waals surface area contributed by atoms with Crippen LogP contribution in [0.15, 0.2) is 0 Å². The summed E-state index contributed by atoms with van der Waals surface area (Å²) in [4.78, 5) is 13.5. The van der Waals surface area contributed by atoms with Crippen LogP contribution in [0.2, 0.25) is 0 Å². The highest BCUT2D eigenvalue weighted by atomic mass is 16.8. The molecule has 5 saturated carbocycles. The van der Waals surface area contributed by atoms with E-state index in [2.05, 4.69) is 55.4 Å². The summed E-state index contributed by atoms with van der Waals surface area (Å²) in [6.45, 7) is 15.4. The SMILES string of the molecule is CCCCCC(=O)O[C@H]1CC(C)(C)C[C@@H]2[C@@]13[C@H](O)C[C@@]1(C)[C@]4(C)CC[C@@H]5[C@H](CC[C@H](O[C@@H]6CO[C@H](O[C@@H]7O[C@H](CO)[C@@H](O)[C@H](O)[C@H]7O[C@@H]7OC[C@@H](O)[C@H](O)[C@H]7O)[C@H](O)[C@@H]6O[C@@H]6O[C@H](CO)[C@@H](O)[C@H](O)[C@H]6O)C5(C)C)[C@@]4(C)CC[C@]21O[C@@H]3O. The van der Waals surface area contributed by atoms with Crippen molar-refractivity contribution in [3.63, 3.8) is 0 Å².